The summed E-state index contributed by atoms with van der Waals surface area (Å²) in [5, 5.41) is 0. The number of aromatic nitrogens is 2. The van der Waals surface area contributed by atoms with E-state index in [9.17, 15) is 4.79 Å². The van der Waals surface area contributed by atoms with Gasteiger partial charge >= 0.3 is 5.97 Å². The molecule has 0 unspecified atom stereocenters. The van der Waals surface area contributed by atoms with Gasteiger partial charge in [0.25, 0.3) is 0 Å². The van der Waals surface area contributed by atoms with Crippen molar-refractivity contribution >= 4 is 11.7 Å². The van der Waals surface area contributed by atoms with E-state index in [-0.39, 0.29) is 5.97 Å². The van der Waals surface area contributed by atoms with E-state index in [2.05, 4.69) is 4.98 Å². The summed E-state index contributed by atoms with van der Waals surface area (Å²) in [5.41, 5.74) is 7.43. The summed E-state index contributed by atoms with van der Waals surface area (Å²) in [5.74, 6) is -0.160. The van der Waals surface area contributed by atoms with Crippen LogP contribution in [0.5, 0.6) is 0 Å². The summed E-state index contributed by atoms with van der Waals surface area (Å²) in [6.45, 7) is 1.25. The summed E-state index contributed by atoms with van der Waals surface area (Å²) in [6, 6.07) is 7.54. The van der Waals surface area contributed by atoms with Crippen LogP contribution in [0.25, 0.3) is 0 Å². The van der Waals surface area contributed by atoms with Gasteiger partial charge in [-0.1, -0.05) is 12.1 Å². The number of imidazole rings is 1. The van der Waals surface area contributed by atoms with Crippen LogP contribution in [0.3, 0.4) is 0 Å². The van der Waals surface area contributed by atoms with Crippen molar-refractivity contribution in [1.29, 1.82) is 0 Å². The quantitative estimate of drug-likeness (QED) is 0.476. The molecule has 5 heteroatoms. The van der Waals surface area contributed by atoms with Crippen LogP contribution in [-0.2, 0) is 22.5 Å². The first-order valence-electron chi connectivity index (χ1n) is 6.70. The third-order valence-electron chi connectivity index (χ3n) is 2.98. The summed E-state index contributed by atoms with van der Waals surface area (Å²) in [7, 11) is 0. The van der Waals surface area contributed by atoms with Crippen LogP contribution in [-0.4, -0.2) is 22.1 Å². The Balaban J connectivity index is 1.59. The first kappa shape index (κ1) is 14.1. The smallest absolute Gasteiger partial charge is 0.306 e. The van der Waals surface area contributed by atoms with Crippen LogP contribution in [0.15, 0.2) is 43.0 Å². The van der Waals surface area contributed by atoms with Crippen molar-refractivity contribution in [2.75, 3.05) is 12.3 Å². The summed E-state index contributed by atoms with van der Waals surface area (Å²) in [6.07, 6.45) is 7.25. The lowest BCUT2D eigenvalue weighted by molar-refractivity contribution is -0.143. The molecule has 0 saturated carbocycles. The summed E-state index contributed by atoms with van der Waals surface area (Å²) >= 11 is 0. The number of esters is 1. The van der Waals surface area contributed by atoms with Crippen LogP contribution in [0.1, 0.15) is 18.4 Å². The van der Waals surface area contributed by atoms with Gasteiger partial charge in [-0.05, 0) is 30.5 Å². The average molecular weight is 273 g/mol. The molecule has 0 spiro atoms. The van der Waals surface area contributed by atoms with E-state index in [1.165, 1.54) is 0 Å². The largest absolute Gasteiger partial charge is 0.466 e. The number of hydrogen-bond acceptors (Lipinski definition) is 4. The second-order valence-corrected chi connectivity index (χ2v) is 4.62. The van der Waals surface area contributed by atoms with Crippen LogP contribution >= 0.6 is 0 Å². The van der Waals surface area contributed by atoms with Gasteiger partial charge in [0, 0.05) is 31.0 Å². The minimum atomic E-state index is -0.160. The molecule has 0 aliphatic carbocycles. The highest BCUT2D eigenvalue weighted by molar-refractivity contribution is 5.69. The zero-order valence-corrected chi connectivity index (χ0v) is 11.4. The highest BCUT2D eigenvalue weighted by Gasteiger charge is 2.03. The molecule has 20 heavy (non-hydrogen) atoms. The van der Waals surface area contributed by atoms with Crippen molar-refractivity contribution in [3.63, 3.8) is 0 Å². The van der Waals surface area contributed by atoms with E-state index in [1.807, 2.05) is 35.0 Å². The Morgan fingerprint density at radius 1 is 1.30 bits per heavy atom. The van der Waals surface area contributed by atoms with Crippen molar-refractivity contribution in [3.05, 3.63) is 48.5 Å². The molecule has 0 fully saturated rings. The van der Waals surface area contributed by atoms with Crippen LogP contribution < -0.4 is 5.73 Å². The maximum Gasteiger partial charge on any atom is 0.306 e. The third kappa shape index (κ3) is 4.76. The zero-order valence-electron chi connectivity index (χ0n) is 11.4. The molecule has 0 bridgehead atoms. The molecule has 106 valence electrons. The fourth-order valence-electron chi connectivity index (χ4n) is 1.86. The number of rotatable bonds is 7. The topological polar surface area (TPSA) is 70.1 Å². The highest BCUT2D eigenvalue weighted by atomic mass is 16.5. The number of anilines is 1. The Labute approximate surface area is 118 Å². The Kier molecular flexibility index (Phi) is 5.17. The molecule has 0 aliphatic rings. The maximum atomic E-state index is 11.6. The lowest BCUT2D eigenvalue weighted by atomic mass is 10.1. The fourth-order valence-corrected chi connectivity index (χ4v) is 1.86. The maximum absolute atomic E-state index is 11.6. The number of carbonyl (C=O) groups is 1. The van der Waals surface area contributed by atoms with Gasteiger partial charge in [0.2, 0.25) is 0 Å². The molecule has 0 amide bonds. The van der Waals surface area contributed by atoms with Crippen LogP contribution in [0.2, 0.25) is 0 Å². The predicted molar refractivity (Wildman–Crippen MR) is 77.0 cm³/mol. The molecular weight excluding hydrogens is 254 g/mol. The van der Waals surface area contributed by atoms with Gasteiger partial charge in [-0.25, -0.2) is 4.98 Å². The van der Waals surface area contributed by atoms with E-state index in [0.717, 1.165) is 24.2 Å². The average Bonchev–Trinajstić information content (AvgIpc) is 2.96. The predicted octanol–water partition coefficient (Wildman–Crippen LogP) is 2.03. The Hall–Kier alpha value is -2.30. The minimum Gasteiger partial charge on any atom is -0.466 e. The summed E-state index contributed by atoms with van der Waals surface area (Å²) < 4.78 is 7.15. The summed E-state index contributed by atoms with van der Waals surface area (Å²) in [4.78, 5) is 15.5. The normalized spacial score (nSPS) is 10.4. The number of hydrogen-bond donors (Lipinski definition) is 1. The van der Waals surface area contributed by atoms with Gasteiger partial charge in [0.15, 0.2) is 0 Å². The van der Waals surface area contributed by atoms with E-state index in [0.29, 0.717) is 19.4 Å². The van der Waals surface area contributed by atoms with Crippen LogP contribution in [0.4, 0.5) is 5.69 Å². The second-order valence-electron chi connectivity index (χ2n) is 4.62. The molecule has 0 radical (unpaired) electrons. The Morgan fingerprint density at radius 2 is 2.10 bits per heavy atom. The number of aryl methyl sites for hydroxylation is 2. The molecule has 1 aromatic heterocycles. The molecule has 2 aromatic rings. The lowest BCUT2D eigenvalue weighted by Gasteiger charge is -2.05. The number of benzene rings is 1. The number of nitrogen functional groups attached to an aromatic ring is 1. The van der Waals surface area contributed by atoms with Gasteiger partial charge in [-0.3, -0.25) is 4.79 Å². The van der Waals surface area contributed by atoms with Gasteiger partial charge in [-0.15, -0.1) is 0 Å². The van der Waals surface area contributed by atoms with Gasteiger partial charge < -0.3 is 15.0 Å². The highest BCUT2D eigenvalue weighted by Crippen LogP contribution is 2.08. The molecule has 1 heterocycles. The number of nitrogens with two attached hydrogens (primary N) is 1. The molecule has 0 aliphatic heterocycles. The van der Waals surface area contributed by atoms with Crippen molar-refractivity contribution in [3.8, 4) is 0 Å². The molecule has 1 aromatic carbocycles. The molecule has 5 nitrogen and oxygen atoms in total. The van der Waals surface area contributed by atoms with Crippen molar-refractivity contribution in [2.24, 2.45) is 0 Å². The SMILES string of the molecule is Nc1ccc(CCC(=O)OCCCn2ccnc2)cc1. The van der Waals surface area contributed by atoms with Gasteiger partial charge in [0.05, 0.1) is 12.9 Å². The molecule has 0 saturated heterocycles. The van der Waals surface area contributed by atoms with E-state index in [1.54, 1.807) is 12.5 Å². The molecular formula is C15H19N3O2. The first-order chi connectivity index (χ1) is 9.74. The van der Waals surface area contributed by atoms with Crippen LogP contribution in [0, 0.1) is 0 Å². The second kappa shape index (κ2) is 7.33. The van der Waals surface area contributed by atoms with E-state index in [4.69, 9.17) is 10.5 Å². The molecule has 2 rings (SSSR count). The van der Waals surface area contributed by atoms with Crippen molar-refractivity contribution < 1.29 is 9.53 Å². The van der Waals surface area contributed by atoms with Gasteiger partial charge in [0.1, 0.15) is 0 Å². The van der Waals surface area contributed by atoms with E-state index < -0.39 is 0 Å². The third-order valence-corrected chi connectivity index (χ3v) is 2.98. The number of ether oxygens (including phenoxy) is 1. The van der Waals surface area contributed by atoms with E-state index >= 15 is 0 Å². The van der Waals surface area contributed by atoms with Crippen molar-refractivity contribution in [1.82, 2.24) is 9.55 Å². The minimum absolute atomic E-state index is 0.160. The van der Waals surface area contributed by atoms with Gasteiger partial charge in [-0.2, -0.15) is 0 Å². The lowest BCUT2D eigenvalue weighted by Crippen LogP contribution is -2.09. The fraction of sp³-hybridized carbons (Fsp3) is 0.333. The Morgan fingerprint density at radius 3 is 2.80 bits per heavy atom. The Bertz CT molecular complexity index is 521. The number of nitrogens with zero attached hydrogens (tertiary/aromatic N) is 2. The molecule has 0 atom stereocenters. The monoisotopic (exact) mass is 273 g/mol. The zero-order chi connectivity index (χ0) is 14.2. The standard InChI is InChI=1S/C15H19N3O2/c16-14-5-2-13(3-6-14)4-7-15(19)20-11-1-9-18-10-8-17-12-18/h2-3,5-6,8,10,12H,1,4,7,9,11,16H2. The molecule has 2 N–H and O–H groups in total. The number of carbonyl (C=O) groups excluding carboxylic acids is 1. The van der Waals surface area contributed by atoms with Crippen molar-refractivity contribution in [2.45, 2.75) is 25.8 Å². The first-order valence-corrected chi connectivity index (χ1v) is 6.70.